The first-order valence-corrected chi connectivity index (χ1v) is 14.0. The van der Waals surface area contributed by atoms with Gasteiger partial charge in [0, 0.05) is 12.6 Å². The lowest BCUT2D eigenvalue weighted by molar-refractivity contribution is -0.193. The van der Waals surface area contributed by atoms with Crippen molar-refractivity contribution in [3.05, 3.63) is 0 Å². The van der Waals surface area contributed by atoms with E-state index in [0.29, 0.717) is 24.8 Å². The molecule has 232 valence electrons. The van der Waals surface area contributed by atoms with Crippen LogP contribution in [0, 0.1) is 23.7 Å². The van der Waals surface area contributed by atoms with Gasteiger partial charge in [-0.1, -0.05) is 33.6 Å². The van der Waals surface area contributed by atoms with E-state index in [1.807, 2.05) is 0 Å². The van der Waals surface area contributed by atoms with Crippen LogP contribution in [0.25, 0.3) is 0 Å². The van der Waals surface area contributed by atoms with E-state index in [0.717, 1.165) is 50.4 Å². The number of nitrogens with one attached hydrogen (secondary N) is 1. The molecule has 3 fully saturated rings. The smallest absolute Gasteiger partial charge is 0.427 e. The maximum Gasteiger partial charge on any atom is 0.457 e. The second kappa shape index (κ2) is 21.3. The predicted octanol–water partition coefficient (Wildman–Crippen LogP) is 2.19. The minimum atomic E-state index is -1.16. The quantitative estimate of drug-likeness (QED) is 0.242. The third-order valence-corrected chi connectivity index (χ3v) is 8.33. The lowest BCUT2D eigenvalue weighted by atomic mass is 9.80. The lowest BCUT2D eigenvalue weighted by Crippen LogP contribution is -2.41. The molecule has 0 amide bonds. The van der Waals surface area contributed by atoms with Crippen LogP contribution < -0.4 is 5.32 Å². The molecule has 5 N–H and O–H groups in total. The average Bonchev–Trinajstić information content (AvgIpc) is 3.50. The first-order chi connectivity index (χ1) is 18.3. The van der Waals surface area contributed by atoms with Gasteiger partial charge in [0.2, 0.25) is 0 Å². The lowest BCUT2D eigenvalue weighted by Gasteiger charge is -2.32. The molecule has 0 aromatic heterocycles. The van der Waals surface area contributed by atoms with Crippen LogP contribution in [-0.2, 0) is 28.5 Å². The monoisotopic (exact) mass is 573 g/mol. The van der Waals surface area contributed by atoms with Gasteiger partial charge < -0.3 is 34.9 Å². The summed E-state index contributed by atoms with van der Waals surface area (Å²) in [7, 11) is -1.21. The van der Waals surface area contributed by atoms with Crippen molar-refractivity contribution in [3.63, 3.8) is 0 Å². The van der Waals surface area contributed by atoms with Crippen molar-refractivity contribution in [1.82, 2.24) is 5.32 Å². The van der Waals surface area contributed by atoms with Crippen molar-refractivity contribution < 1.29 is 48.7 Å². The Kier molecular flexibility index (Phi) is 21.7. The highest BCUT2D eigenvalue weighted by molar-refractivity contribution is 6.45. The minimum Gasteiger partial charge on any atom is -0.427 e. The highest BCUT2D eigenvalue weighted by Gasteiger charge is 2.50. The topological polar surface area (TPSA) is 180 Å². The zero-order valence-corrected chi connectivity index (χ0v) is 24.3. The summed E-state index contributed by atoms with van der Waals surface area (Å²) in [4.78, 5) is 32.5. The van der Waals surface area contributed by atoms with E-state index in [1.165, 1.54) is 19.3 Å². The summed E-state index contributed by atoms with van der Waals surface area (Å²) in [5, 5.41) is 38.6. The van der Waals surface area contributed by atoms with Crippen molar-refractivity contribution in [2.24, 2.45) is 23.7 Å². The highest BCUT2D eigenvalue weighted by atomic mass is 16.7. The van der Waals surface area contributed by atoms with E-state index in [4.69, 9.17) is 43.6 Å². The van der Waals surface area contributed by atoms with Crippen LogP contribution in [0.15, 0.2) is 0 Å². The molecule has 40 heavy (non-hydrogen) atoms. The Hall–Kier alpha value is -1.39. The normalized spacial score (nSPS) is 27.3. The predicted molar refractivity (Wildman–Crippen MR) is 151 cm³/mol. The SMILES string of the molecule is C.C[C@H]1CC(CO)C[C@H]1CCCB1OC(C)(C)C(C)(C)O1.O=C=O.O=C=O.OC[C@@H]1C[C@@H](CCCB(O)O)CN1. The summed E-state index contributed by atoms with van der Waals surface area (Å²) in [6.45, 7) is 12.3. The third kappa shape index (κ3) is 15.6. The second-order valence-corrected chi connectivity index (χ2v) is 11.8. The second-order valence-electron chi connectivity index (χ2n) is 11.8. The number of rotatable bonds is 10. The summed E-state index contributed by atoms with van der Waals surface area (Å²) in [6, 6.07) is 0.254. The Morgan fingerprint density at radius 3 is 1.85 bits per heavy atom. The largest absolute Gasteiger partial charge is 0.457 e. The fourth-order valence-corrected chi connectivity index (χ4v) is 5.51. The van der Waals surface area contributed by atoms with Gasteiger partial charge in [-0.15, -0.1) is 0 Å². The van der Waals surface area contributed by atoms with Crippen LogP contribution in [-0.4, -0.2) is 83.8 Å². The first-order valence-electron chi connectivity index (χ1n) is 14.0. The van der Waals surface area contributed by atoms with Crippen LogP contribution in [0.5, 0.6) is 0 Å². The van der Waals surface area contributed by atoms with Gasteiger partial charge in [-0.3, -0.25) is 0 Å². The maximum atomic E-state index is 9.27. The number of carbonyl (C=O) groups excluding carboxylic acids is 4. The summed E-state index contributed by atoms with van der Waals surface area (Å²) in [5.41, 5.74) is -0.416. The van der Waals surface area contributed by atoms with E-state index in [-0.39, 0.29) is 50.7 Å². The van der Waals surface area contributed by atoms with Gasteiger partial charge in [-0.2, -0.15) is 19.2 Å². The van der Waals surface area contributed by atoms with Crippen molar-refractivity contribution in [3.8, 4) is 0 Å². The Balaban J connectivity index is 0. The van der Waals surface area contributed by atoms with E-state index in [9.17, 15) is 5.11 Å². The van der Waals surface area contributed by atoms with Gasteiger partial charge in [-0.25, -0.2) is 0 Å². The molecular formula is C27H53B2NO10. The summed E-state index contributed by atoms with van der Waals surface area (Å²) < 4.78 is 12.1. The highest BCUT2D eigenvalue weighted by Crippen LogP contribution is 2.41. The number of hydrogen-bond acceptors (Lipinski definition) is 11. The van der Waals surface area contributed by atoms with Crippen molar-refractivity contribution in [2.75, 3.05) is 19.8 Å². The van der Waals surface area contributed by atoms with Crippen LogP contribution >= 0.6 is 0 Å². The molecule has 3 aliphatic rings. The van der Waals surface area contributed by atoms with E-state index in [1.54, 1.807) is 0 Å². The zero-order valence-electron chi connectivity index (χ0n) is 24.3. The molecule has 3 rings (SSSR count). The molecule has 2 saturated heterocycles. The number of aliphatic hydroxyl groups is 2. The van der Waals surface area contributed by atoms with E-state index >= 15 is 0 Å². The van der Waals surface area contributed by atoms with Crippen molar-refractivity contribution >= 4 is 26.5 Å². The Morgan fingerprint density at radius 1 is 0.875 bits per heavy atom. The molecule has 0 spiro atoms. The first kappa shape index (κ1) is 40.7. The average molecular weight is 573 g/mol. The van der Waals surface area contributed by atoms with Crippen molar-refractivity contribution in [2.45, 2.75) is 117 Å². The van der Waals surface area contributed by atoms with Crippen LogP contribution in [0.4, 0.5) is 0 Å². The molecule has 0 bridgehead atoms. The van der Waals surface area contributed by atoms with Gasteiger partial charge >= 0.3 is 26.5 Å². The Labute approximate surface area is 241 Å². The fraction of sp³-hybridized carbons (Fsp3) is 0.926. The zero-order chi connectivity index (χ0) is 30.1. The van der Waals surface area contributed by atoms with Gasteiger partial charge in [0.1, 0.15) is 0 Å². The van der Waals surface area contributed by atoms with Gasteiger partial charge in [0.25, 0.3) is 0 Å². The number of aliphatic hydroxyl groups excluding tert-OH is 2. The van der Waals surface area contributed by atoms with Crippen LogP contribution in [0.2, 0.25) is 12.6 Å². The molecule has 2 aliphatic heterocycles. The summed E-state index contributed by atoms with van der Waals surface area (Å²) >= 11 is 0. The van der Waals surface area contributed by atoms with E-state index < -0.39 is 7.12 Å². The van der Waals surface area contributed by atoms with Crippen LogP contribution in [0.1, 0.15) is 87.0 Å². The number of hydrogen-bond donors (Lipinski definition) is 5. The third-order valence-electron chi connectivity index (χ3n) is 8.33. The molecule has 0 aromatic carbocycles. The minimum absolute atomic E-state index is 0. The molecule has 2 heterocycles. The molecule has 5 atom stereocenters. The maximum absolute atomic E-state index is 9.27. The molecule has 1 saturated carbocycles. The molecule has 0 aromatic rings. The Morgan fingerprint density at radius 2 is 1.43 bits per heavy atom. The summed E-state index contributed by atoms with van der Waals surface area (Å²) in [5.74, 6) is 2.66. The van der Waals surface area contributed by atoms with Gasteiger partial charge in [-0.05, 0) is 96.2 Å². The molecular weight excluding hydrogens is 520 g/mol. The molecule has 0 radical (unpaired) electrons. The van der Waals surface area contributed by atoms with E-state index in [2.05, 4.69) is 39.9 Å². The summed E-state index contributed by atoms with van der Waals surface area (Å²) in [6.07, 6.45) is 9.60. The molecule has 11 nitrogen and oxygen atoms in total. The Bertz CT molecular complexity index is 700. The van der Waals surface area contributed by atoms with Gasteiger partial charge in [0.05, 0.1) is 17.8 Å². The van der Waals surface area contributed by atoms with Crippen molar-refractivity contribution in [1.29, 1.82) is 0 Å². The molecule has 1 aliphatic carbocycles. The molecule has 13 heteroatoms. The molecule has 1 unspecified atom stereocenters. The standard InChI is InChI=1S/C16H31BO3.C8H18BNO3.2CO2.CH4/c1-12-9-13(11-18)10-14(12)7-6-8-17-19-15(2,3)16(4,5)20-17;11-6-8-4-7(5-10-8)2-1-3-9(12)13;2*2-1-3;/h12-14,18H,6-11H2,1-5H3;7-8,10-13H,1-6H2;;;1H4/t12-,13?,14+;7-,8+;;;/m01.../s1. The van der Waals surface area contributed by atoms with Gasteiger partial charge in [0.15, 0.2) is 0 Å². The van der Waals surface area contributed by atoms with Crippen LogP contribution in [0.3, 0.4) is 0 Å². The fourth-order valence-electron chi connectivity index (χ4n) is 5.51.